The van der Waals surface area contributed by atoms with Crippen molar-refractivity contribution in [2.24, 2.45) is 5.84 Å². The van der Waals surface area contributed by atoms with Gasteiger partial charge in [-0.2, -0.15) is 4.83 Å². The Hall–Kier alpha value is -1.94. The number of carboxylic acid groups (broad SMARTS) is 1. The van der Waals surface area contributed by atoms with Gasteiger partial charge in [0.15, 0.2) is 5.75 Å². The highest BCUT2D eigenvalue weighted by Gasteiger charge is 2.15. The molecule has 20 heavy (non-hydrogen) atoms. The maximum absolute atomic E-state index is 11.5. The number of benzene rings is 1. The van der Waals surface area contributed by atoms with Crippen LogP contribution in [0.2, 0.25) is 5.02 Å². The molecule has 0 fully saturated rings. The summed E-state index contributed by atoms with van der Waals surface area (Å²) in [7, 11) is -3.93. The van der Waals surface area contributed by atoms with E-state index in [0.717, 1.165) is 12.1 Å². The summed E-state index contributed by atoms with van der Waals surface area (Å²) in [6.45, 7) is 0. The van der Waals surface area contributed by atoms with E-state index in [0.29, 0.717) is 12.2 Å². The molecule has 0 radical (unpaired) electrons. The van der Waals surface area contributed by atoms with E-state index in [2.05, 4.69) is 0 Å². The number of carbonyl (C=O) groups excluding carboxylic acids is 1. The molecular weight excluding hydrogens is 312 g/mol. The predicted molar refractivity (Wildman–Crippen MR) is 68.4 cm³/mol. The second kappa shape index (κ2) is 6.48. The van der Waals surface area contributed by atoms with Crippen LogP contribution in [0, 0.1) is 0 Å². The van der Waals surface area contributed by atoms with Gasteiger partial charge in [-0.05, 0) is 12.1 Å². The molecule has 0 unspecified atom stereocenters. The molecule has 1 rings (SSSR count). The number of nitrogens with one attached hydrogen (secondary N) is 1. The van der Waals surface area contributed by atoms with Crippen molar-refractivity contribution in [3.63, 3.8) is 0 Å². The second-order valence-electron chi connectivity index (χ2n) is 3.31. The molecular formula is C10H9ClN2O6S. The number of hydrogen-bond acceptors (Lipinski definition) is 6. The highest BCUT2D eigenvalue weighted by atomic mass is 35.5. The van der Waals surface area contributed by atoms with Crippen molar-refractivity contribution in [1.29, 1.82) is 0 Å². The zero-order valence-corrected chi connectivity index (χ0v) is 11.3. The average Bonchev–Trinajstić information content (AvgIpc) is 2.38. The van der Waals surface area contributed by atoms with Gasteiger partial charge in [0.25, 0.3) is 10.0 Å². The van der Waals surface area contributed by atoms with Gasteiger partial charge in [0.2, 0.25) is 0 Å². The van der Waals surface area contributed by atoms with Crippen molar-refractivity contribution >= 4 is 33.6 Å². The first-order valence-electron chi connectivity index (χ1n) is 4.91. The summed E-state index contributed by atoms with van der Waals surface area (Å²) < 4.78 is 27.6. The number of ether oxygens (including phenoxy) is 1. The number of aliphatic carboxylic acids is 1. The van der Waals surface area contributed by atoms with Gasteiger partial charge in [-0.3, -0.25) is 5.84 Å². The van der Waals surface area contributed by atoms with Gasteiger partial charge in [-0.1, -0.05) is 11.6 Å². The van der Waals surface area contributed by atoms with Gasteiger partial charge in [-0.25, -0.2) is 18.0 Å². The maximum atomic E-state index is 11.5. The molecule has 0 amide bonds. The predicted octanol–water partition coefficient (Wildman–Crippen LogP) is 0.0382. The molecule has 1 aromatic rings. The Morgan fingerprint density at radius 3 is 2.55 bits per heavy atom. The summed E-state index contributed by atoms with van der Waals surface area (Å²) in [6.07, 6.45) is 1.22. The van der Waals surface area contributed by atoms with Crippen LogP contribution in [0.5, 0.6) is 5.75 Å². The summed E-state index contributed by atoms with van der Waals surface area (Å²) >= 11 is 5.73. The number of esters is 1. The van der Waals surface area contributed by atoms with E-state index >= 15 is 0 Å². The van der Waals surface area contributed by atoms with Crippen LogP contribution >= 0.6 is 11.6 Å². The van der Waals surface area contributed by atoms with Crippen LogP contribution in [0.1, 0.15) is 0 Å². The third kappa shape index (κ3) is 4.31. The molecule has 8 nitrogen and oxygen atoms in total. The van der Waals surface area contributed by atoms with Crippen LogP contribution in [0.15, 0.2) is 35.2 Å². The first kappa shape index (κ1) is 16.1. The van der Waals surface area contributed by atoms with Crippen LogP contribution in [0.25, 0.3) is 0 Å². The molecule has 0 spiro atoms. The van der Waals surface area contributed by atoms with Gasteiger partial charge in [0.1, 0.15) is 0 Å². The lowest BCUT2D eigenvalue weighted by molar-refractivity contribution is -0.133. The molecule has 10 heteroatoms. The topological polar surface area (TPSA) is 136 Å². The van der Waals surface area contributed by atoms with Gasteiger partial charge in [-0.15, -0.1) is 0 Å². The zero-order valence-electron chi connectivity index (χ0n) is 9.74. The highest BCUT2D eigenvalue weighted by molar-refractivity contribution is 7.89. The Bertz CT molecular complexity index is 670. The van der Waals surface area contributed by atoms with Crippen LogP contribution < -0.4 is 15.4 Å². The minimum atomic E-state index is -3.93. The van der Waals surface area contributed by atoms with E-state index in [1.807, 2.05) is 0 Å². The monoisotopic (exact) mass is 320 g/mol. The van der Waals surface area contributed by atoms with E-state index in [1.54, 1.807) is 4.83 Å². The minimum Gasteiger partial charge on any atom is -0.478 e. The molecule has 0 saturated carbocycles. The summed E-state index contributed by atoms with van der Waals surface area (Å²) in [4.78, 5) is 22.8. The van der Waals surface area contributed by atoms with Crippen molar-refractivity contribution in [1.82, 2.24) is 4.83 Å². The Morgan fingerprint density at radius 1 is 1.35 bits per heavy atom. The number of carbonyl (C=O) groups is 2. The van der Waals surface area contributed by atoms with E-state index in [4.69, 9.17) is 27.3 Å². The van der Waals surface area contributed by atoms with Crippen molar-refractivity contribution in [3.8, 4) is 5.75 Å². The first-order valence-corrected chi connectivity index (χ1v) is 6.77. The number of carboxylic acids is 1. The van der Waals surface area contributed by atoms with Crippen LogP contribution in [0.3, 0.4) is 0 Å². The molecule has 0 heterocycles. The largest absolute Gasteiger partial charge is 0.478 e. The fourth-order valence-corrected chi connectivity index (χ4v) is 1.88. The lowest BCUT2D eigenvalue weighted by atomic mass is 10.3. The van der Waals surface area contributed by atoms with Gasteiger partial charge in [0, 0.05) is 18.2 Å². The summed E-state index contributed by atoms with van der Waals surface area (Å²) in [5, 5.41) is 8.31. The van der Waals surface area contributed by atoms with Crippen LogP contribution in [-0.4, -0.2) is 25.5 Å². The summed E-state index contributed by atoms with van der Waals surface area (Å²) in [5.74, 6) is 2.25. The molecule has 0 bridgehead atoms. The Balaban J connectivity index is 3.04. The standard InChI is InChI=1S/C10H9ClN2O6S/c11-7-2-1-6(20(17,18)13-12)5-8(7)19-10(16)4-3-9(14)15/h1-5,13H,12H2,(H,14,15)/b4-3-. The van der Waals surface area contributed by atoms with Crippen LogP contribution in [0.4, 0.5) is 0 Å². The smallest absolute Gasteiger partial charge is 0.336 e. The number of hydrogen-bond donors (Lipinski definition) is 3. The number of halogens is 1. The summed E-state index contributed by atoms with van der Waals surface area (Å²) in [6, 6.07) is 3.32. The molecule has 1 aromatic carbocycles. The van der Waals surface area contributed by atoms with Crippen molar-refractivity contribution < 1.29 is 27.9 Å². The molecule has 0 saturated heterocycles. The lowest BCUT2D eigenvalue weighted by Crippen LogP contribution is -2.30. The van der Waals surface area contributed by atoms with Crippen molar-refractivity contribution in [3.05, 3.63) is 35.4 Å². The summed E-state index contributed by atoms with van der Waals surface area (Å²) in [5.41, 5.74) is 0. The van der Waals surface area contributed by atoms with Crippen molar-refractivity contribution in [2.75, 3.05) is 0 Å². The third-order valence-corrected chi connectivity index (χ3v) is 3.44. The second-order valence-corrected chi connectivity index (χ2v) is 5.43. The van der Waals surface area contributed by atoms with Gasteiger partial charge < -0.3 is 9.84 Å². The first-order chi connectivity index (χ1) is 9.26. The molecule has 0 atom stereocenters. The SMILES string of the molecule is NNS(=O)(=O)c1ccc(Cl)c(OC(=O)/C=C\C(=O)O)c1. The fraction of sp³-hybridized carbons (Fsp3) is 0. The lowest BCUT2D eigenvalue weighted by Gasteiger charge is -2.07. The maximum Gasteiger partial charge on any atom is 0.336 e. The average molecular weight is 321 g/mol. The van der Waals surface area contributed by atoms with E-state index < -0.39 is 22.0 Å². The molecule has 0 aromatic heterocycles. The van der Waals surface area contributed by atoms with Crippen molar-refractivity contribution in [2.45, 2.75) is 4.90 Å². The van der Waals surface area contributed by atoms with E-state index in [9.17, 15) is 18.0 Å². The highest BCUT2D eigenvalue weighted by Crippen LogP contribution is 2.27. The molecule has 4 N–H and O–H groups in total. The van der Waals surface area contributed by atoms with E-state index in [1.165, 1.54) is 6.07 Å². The quantitative estimate of drug-likeness (QED) is 0.229. The molecule has 108 valence electrons. The van der Waals surface area contributed by atoms with Gasteiger partial charge in [0.05, 0.1) is 9.92 Å². The Labute approximate surface area is 118 Å². The van der Waals surface area contributed by atoms with Gasteiger partial charge >= 0.3 is 11.9 Å². The molecule has 0 aliphatic heterocycles. The fourth-order valence-electron chi connectivity index (χ4n) is 1.08. The van der Waals surface area contributed by atoms with E-state index in [-0.39, 0.29) is 15.7 Å². The number of sulfonamides is 1. The Kier molecular flexibility index (Phi) is 5.22. The number of hydrazine groups is 1. The number of nitrogens with two attached hydrogens (primary N) is 1. The molecule has 0 aliphatic carbocycles. The third-order valence-electron chi connectivity index (χ3n) is 1.94. The van der Waals surface area contributed by atoms with Crippen LogP contribution in [-0.2, 0) is 19.6 Å². The normalized spacial score (nSPS) is 11.5. The zero-order chi connectivity index (χ0) is 15.3. The molecule has 0 aliphatic rings. The Morgan fingerprint density at radius 2 is 2.00 bits per heavy atom. The minimum absolute atomic E-state index is 0.0296. The number of rotatable bonds is 5.